The molecule has 0 saturated heterocycles. The summed E-state index contributed by atoms with van der Waals surface area (Å²) in [5.41, 5.74) is 0.379. The van der Waals surface area contributed by atoms with Gasteiger partial charge in [-0.3, -0.25) is 0 Å². The molecule has 0 aliphatic carbocycles. The number of hydrogen-bond acceptors (Lipinski definition) is 2. The number of rotatable bonds is 4. The van der Waals surface area contributed by atoms with E-state index in [0.717, 1.165) is 30.3 Å². The van der Waals surface area contributed by atoms with Gasteiger partial charge in [0, 0.05) is 11.6 Å². The summed E-state index contributed by atoms with van der Waals surface area (Å²) in [6, 6.07) is 6.72. The first-order valence-electron chi connectivity index (χ1n) is 5.55. The fourth-order valence-electron chi connectivity index (χ4n) is 1.61. The average molecular weight is 268 g/mol. The molecule has 2 nitrogen and oxygen atoms in total. The number of halogens is 3. The first kappa shape index (κ1) is 13.4. The second kappa shape index (κ2) is 5.75. The quantitative estimate of drug-likeness (QED) is 0.922. The van der Waals surface area contributed by atoms with Crippen LogP contribution in [0.15, 0.2) is 36.4 Å². The molecule has 0 atom stereocenters. The molecule has 1 N–H and O–H groups in total. The Morgan fingerprint density at radius 1 is 0.947 bits per heavy atom. The van der Waals surface area contributed by atoms with Crippen molar-refractivity contribution in [3.63, 3.8) is 0 Å². The van der Waals surface area contributed by atoms with Crippen molar-refractivity contribution in [1.82, 2.24) is 0 Å². The van der Waals surface area contributed by atoms with E-state index in [4.69, 9.17) is 9.84 Å². The Bertz CT molecular complexity index is 585. The van der Waals surface area contributed by atoms with Gasteiger partial charge in [0.25, 0.3) is 0 Å². The van der Waals surface area contributed by atoms with Crippen LogP contribution in [0.4, 0.5) is 13.2 Å². The topological polar surface area (TPSA) is 29.5 Å². The van der Waals surface area contributed by atoms with Crippen LogP contribution >= 0.6 is 0 Å². The predicted molar refractivity (Wildman–Crippen MR) is 63.0 cm³/mol. The standard InChI is InChI=1S/C14H11F3O2/c15-11-1-2-14(17)10(5-11)8-19-13-4-9(7-18)3-12(16)6-13/h1-6,18H,7-8H2. The summed E-state index contributed by atoms with van der Waals surface area (Å²) in [5.74, 6) is -1.59. The minimum atomic E-state index is -0.597. The molecule has 0 spiro atoms. The molecular weight excluding hydrogens is 257 g/mol. The third-order valence-corrected chi connectivity index (χ3v) is 2.52. The molecule has 19 heavy (non-hydrogen) atoms. The van der Waals surface area contributed by atoms with Crippen molar-refractivity contribution in [3.8, 4) is 5.75 Å². The van der Waals surface area contributed by atoms with E-state index in [9.17, 15) is 13.2 Å². The van der Waals surface area contributed by atoms with Gasteiger partial charge in [-0.15, -0.1) is 0 Å². The van der Waals surface area contributed by atoms with E-state index >= 15 is 0 Å². The van der Waals surface area contributed by atoms with Crippen molar-refractivity contribution in [2.24, 2.45) is 0 Å². The van der Waals surface area contributed by atoms with Crippen molar-refractivity contribution in [3.05, 3.63) is 65.0 Å². The van der Waals surface area contributed by atoms with E-state index in [0.29, 0.717) is 5.56 Å². The molecule has 100 valence electrons. The molecule has 0 aliphatic rings. The molecule has 0 heterocycles. The minimum Gasteiger partial charge on any atom is -0.489 e. The van der Waals surface area contributed by atoms with Crippen LogP contribution in [0.25, 0.3) is 0 Å². The van der Waals surface area contributed by atoms with Crippen LogP contribution in [0.2, 0.25) is 0 Å². The molecule has 0 aromatic heterocycles. The van der Waals surface area contributed by atoms with Gasteiger partial charge in [-0.05, 0) is 35.9 Å². The van der Waals surface area contributed by atoms with Crippen LogP contribution < -0.4 is 4.74 Å². The maximum absolute atomic E-state index is 13.3. The molecule has 0 fully saturated rings. The van der Waals surface area contributed by atoms with E-state index in [1.54, 1.807) is 0 Å². The Hall–Kier alpha value is -2.01. The van der Waals surface area contributed by atoms with Gasteiger partial charge in [-0.1, -0.05) is 0 Å². The van der Waals surface area contributed by atoms with E-state index in [1.807, 2.05) is 0 Å². The summed E-state index contributed by atoms with van der Waals surface area (Å²) in [6.45, 7) is -0.555. The van der Waals surface area contributed by atoms with Crippen molar-refractivity contribution >= 4 is 0 Å². The molecular formula is C14H11F3O2. The van der Waals surface area contributed by atoms with Crippen molar-refractivity contribution in [2.45, 2.75) is 13.2 Å². The van der Waals surface area contributed by atoms with Gasteiger partial charge >= 0.3 is 0 Å². The number of ether oxygens (including phenoxy) is 1. The Balaban J connectivity index is 2.14. The van der Waals surface area contributed by atoms with Gasteiger partial charge in [0.2, 0.25) is 0 Å². The first-order valence-corrected chi connectivity index (χ1v) is 5.55. The number of hydrogen-bond donors (Lipinski definition) is 1. The molecule has 0 amide bonds. The lowest BCUT2D eigenvalue weighted by Gasteiger charge is -2.08. The fourth-order valence-corrected chi connectivity index (χ4v) is 1.61. The maximum Gasteiger partial charge on any atom is 0.130 e. The third kappa shape index (κ3) is 3.48. The Labute approximate surface area is 108 Å². The Morgan fingerprint density at radius 2 is 1.74 bits per heavy atom. The Kier molecular flexibility index (Phi) is 4.06. The lowest BCUT2D eigenvalue weighted by molar-refractivity contribution is 0.275. The SMILES string of the molecule is OCc1cc(F)cc(OCc2cc(F)ccc2F)c1. The van der Waals surface area contributed by atoms with Crippen LogP contribution in [0.3, 0.4) is 0 Å². The monoisotopic (exact) mass is 268 g/mol. The largest absolute Gasteiger partial charge is 0.489 e. The molecule has 0 radical (unpaired) electrons. The normalized spacial score (nSPS) is 10.5. The highest BCUT2D eigenvalue weighted by Crippen LogP contribution is 2.19. The highest BCUT2D eigenvalue weighted by Gasteiger charge is 2.06. The average Bonchev–Trinajstić information content (AvgIpc) is 2.39. The van der Waals surface area contributed by atoms with Gasteiger partial charge in [0.05, 0.1) is 6.61 Å². The summed E-state index contributed by atoms with van der Waals surface area (Å²) >= 11 is 0. The summed E-state index contributed by atoms with van der Waals surface area (Å²) in [5, 5.41) is 8.92. The maximum atomic E-state index is 13.3. The summed E-state index contributed by atoms with van der Waals surface area (Å²) in [6.07, 6.45) is 0. The second-order valence-corrected chi connectivity index (χ2v) is 3.98. The molecule has 5 heteroatoms. The zero-order valence-electron chi connectivity index (χ0n) is 9.87. The summed E-state index contributed by atoms with van der Waals surface area (Å²) < 4.78 is 44.6. The second-order valence-electron chi connectivity index (χ2n) is 3.98. The number of aliphatic hydroxyl groups is 1. The molecule has 0 unspecified atom stereocenters. The van der Waals surface area contributed by atoms with Crippen LogP contribution in [0.1, 0.15) is 11.1 Å². The van der Waals surface area contributed by atoms with Crippen LogP contribution in [0.5, 0.6) is 5.75 Å². The highest BCUT2D eigenvalue weighted by atomic mass is 19.1. The zero-order chi connectivity index (χ0) is 13.8. The van der Waals surface area contributed by atoms with Crippen molar-refractivity contribution in [2.75, 3.05) is 0 Å². The van der Waals surface area contributed by atoms with E-state index in [-0.39, 0.29) is 24.5 Å². The smallest absolute Gasteiger partial charge is 0.130 e. The molecule has 0 aliphatic heterocycles. The first-order chi connectivity index (χ1) is 9.08. The molecule has 0 bridgehead atoms. The van der Waals surface area contributed by atoms with Gasteiger partial charge in [0.1, 0.15) is 29.8 Å². The Morgan fingerprint density at radius 3 is 2.47 bits per heavy atom. The predicted octanol–water partition coefficient (Wildman–Crippen LogP) is 3.18. The summed E-state index contributed by atoms with van der Waals surface area (Å²) in [4.78, 5) is 0. The minimum absolute atomic E-state index is 0.0369. The third-order valence-electron chi connectivity index (χ3n) is 2.52. The molecule has 2 aromatic rings. The van der Waals surface area contributed by atoms with Crippen LogP contribution in [-0.2, 0) is 13.2 Å². The molecule has 0 saturated carbocycles. The fraction of sp³-hybridized carbons (Fsp3) is 0.143. The molecule has 2 rings (SSSR count). The zero-order valence-corrected chi connectivity index (χ0v) is 9.87. The lowest BCUT2D eigenvalue weighted by Crippen LogP contribution is -2.00. The molecule has 2 aromatic carbocycles. The number of aliphatic hydroxyl groups excluding tert-OH is 1. The van der Waals surface area contributed by atoms with Gasteiger partial charge in [0.15, 0.2) is 0 Å². The van der Waals surface area contributed by atoms with Gasteiger partial charge in [-0.2, -0.15) is 0 Å². The van der Waals surface area contributed by atoms with Gasteiger partial charge in [-0.25, -0.2) is 13.2 Å². The van der Waals surface area contributed by atoms with Crippen LogP contribution in [-0.4, -0.2) is 5.11 Å². The number of benzene rings is 2. The highest BCUT2D eigenvalue weighted by molar-refractivity contribution is 5.29. The van der Waals surface area contributed by atoms with Crippen molar-refractivity contribution < 1.29 is 23.0 Å². The summed E-state index contributed by atoms with van der Waals surface area (Å²) in [7, 11) is 0. The lowest BCUT2D eigenvalue weighted by atomic mass is 10.2. The van der Waals surface area contributed by atoms with Gasteiger partial charge < -0.3 is 9.84 Å². The van der Waals surface area contributed by atoms with Crippen LogP contribution in [0, 0.1) is 17.5 Å². The van der Waals surface area contributed by atoms with E-state index in [2.05, 4.69) is 0 Å². The van der Waals surface area contributed by atoms with Crippen molar-refractivity contribution in [1.29, 1.82) is 0 Å². The van der Waals surface area contributed by atoms with E-state index in [1.165, 1.54) is 6.07 Å². The van der Waals surface area contributed by atoms with E-state index < -0.39 is 17.5 Å².